The monoisotopic (exact) mass is 277 g/mol. The van der Waals surface area contributed by atoms with Crippen LogP contribution in [0.15, 0.2) is 22.8 Å². The maximum absolute atomic E-state index is 12.0. The van der Waals surface area contributed by atoms with Gasteiger partial charge in [0.15, 0.2) is 0 Å². The molecule has 0 bridgehead atoms. The van der Waals surface area contributed by atoms with Crippen molar-refractivity contribution in [1.29, 1.82) is 0 Å². The van der Waals surface area contributed by atoms with E-state index in [1.165, 1.54) is 0 Å². The van der Waals surface area contributed by atoms with E-state index in [0.717, 1.165) is 0 Å². The Morgan fingerprint density at radius 3 is 2.88 bits per heavy atom. The quantitative estimate of drug-likeness (QED) is 0.707. The lowest BCUT2D eigenvalue weighted by Gasteiger charge is -2.33. The van der Waals surface area contributed by atoms with Gasteiger partial charge in [-0.05, 0) is 26.6 Å². The minimum atomic E-state index is -3.44. The van der Waals surface area contributed by atoms with Gasteiger partial charge in [-0.1, -0.05) is 6.08 Å². The molecule has 0 radical (unpaired) electrons. The number of allylic oxidation sites excluding steroid dienone is 2. The average molecular weight is 278 g/mol. The molecule has 0 aromatic heterocycles. The van der Waals surface area contributed by atoms with Crippen LogP contribution in [0.25, 0.3) is 0 Å². The summed E-state index contributed by atoms with van der Waals surface area (Å²) in [5.41, 5.74) is 0.660. The number of fused-ring (bicyclic) bond motifs is 1. The molecule has 1 saturated heterocycles. The van der Waals surface area contributed by atoms with Crippen LogP contribution < -0.4 is 10.0 Å². The van der Waals surface area contributed by atoms with Crippen molar-refractivity contribution in [2.75, 3.05) is 20.6 Å². The zero-order valence-electron chi connectivity index (χ0n) is 9.77. The van der Waals surface area contributed by atoms with E-state index in [-0.39, 0.29) is 16.4 Å². The highest BCUT2D eigenvalue weighted by Gasteiger charge is 2.33. The van der Waals surface area contributed by atoms with Crippen molar-refractivity contribution in [3.63, 3.8) is 0 Å². The first-order chi connectivity index (χ1) is 7.88. The third-order valence-corrected chi connectivity index (χ3v) is 4.44. The first kappa shape index (κ1) is 12.9. The van der Waals surface area contributed by atoms with Crippen LogP contribution in [0, 0.1) is 0 Å². The molecule has 2 aliphatic rings. The molecule has 96 valence electrons. The van der Waals surface area contributed by atoms with E-state index in [2.05, 4.69) is 10.0 Å². The lowest BCUT2D eigenvalue weighted by Crippen LogP contribution is -2.55. The average Bonchev–Trinajstić information content (AvgIpc) is 2.17. The molecular weight excluding hydrogens is 262 g/mol. The molecule has 1 heterocycles. The van der Waals surface area contributed by atoms with E-state index in [1.807, 2.05) is 25.1 Å². The fourth-order valence-electron chi connectivity index (χ4n) is 1.93. The van der Waals surface area contributed by atoms with Gasteiger partial charge in [-0.25, -0.2) is 8.42 Å². The molecule has 1 fully saturated rings. The largest absolute Gasteiger partial charge is 0.367 e. The van der Waals surface area contributed by atoms with Crippen molar-refractivity contribution in [2.24, 2.45) is 0 Å². The number of halogens is 1. The summed E-state index contributed by atoms with van der Waals surface area (Å²) in [7, 11) is 0.346. The van der Waals surface area contributed by atoms with E-state index in [9.17, 15) is 8.42 Å². The number of nitrogens with one attached hydrogen (secondary N) is 2. The van der Waals surface area contributed by atoms with Crippen LogP contribution in [0.2, 0.25) is 0 Å². The number of nitrogens with zero attached hydrogens (tertiary/aromatic N) is 1. The molecule has 17 heavy (non-hydrogen) atoms. The molecule has 5 nitrogen and oxygen atoms in total. The van der Waals surface area contributed by atoms with E-state index >= 15 is 0 Å². The van der Waals surface area contributed by atoms with Crippen LogP contribution in [0.3, 0.4) is 0 Å². The van der Waals surface area contributed by atoms with Crippen molar-refractivity contribution in [2.45, 2.75) is 18.0 Å². The van der Waals surface area contributed by atoms with Gasteiger partial charge >= 0.3 is 0 Å². The fraction of sp³-hybridized carbons (Fsp3) is 0.600. The predicted molar refractivity (Wildman–Crippen MR) is 68.0 cm³/mol. The van der Waals surface area contributed by atoms with Crippen LogP contribution in [-0.4, -0.2) is 45.5 Å². The minimum absolute atomic E-state index is 0.252. The SMILES string of the molecule is CN(C)CC1NC2=CCC(Cl)C=C2S(=O)(=O)N1. The van der Waals surface area contributed by atoms with Crippen molar-refractivity contribution in [1.82, 2.24) is 14.9 Å². The van der Waals surface area contributed by atoms with Gasteiger partial charge in [0.2, 0.25) is 10.0 Å². The molecule has 1 aliphatic heterocycles. The predicted octanol–water partition coefficient (Wildman–Crippen LogP) is 0.176. The summed E-state index contributed by atoms with van der Waals surface area (Å²) in [4.78, 5) is 2.18. The Morgan fingerprint density at radius 2 is 2.24 bits per heavy atom. The van der Waals surface area contributed by atoms with Gasteiger partial charge in [0.1, 0.15) is 11.1 Å². The van der Waals surface area contributed by atoms with Crippen molar-refractivity contribution in [3.05, 3.63) is 22.8 Å². The molecule has 0 aromatic rings. The summed E-state index contributed by atoms with van der Waals surface area (Å²) in [6.07, 6.45) is 3.77. The normalized spacial score (nSPS) is 31.3. The van der Waals surface area contributed by atoms with E-state index in [4.69, 9.17) is 11.6 Å². The molecule has 0 spiro atoms. The van der Waals surface area contributed by atoms with Gasteiger partial charge in [0.05, 0.1) is 11.1 Å². The summed E-state index contributed by atoms with van der Waals surface area (Å²) >= 11 is 5.94. The second-order valence-electron chi connectivity index (χ2n) is 4.48. The molecule has 0 aromatic carbocycles. The highest BCUT2D eigenvalue weighted by atomic mass is 35.5. The number of likely N-dealkylation sites (N-methyl/N-ethyl adjacent to an activating group) is 1. The van der Waals surface area contributed by atoms with E-state index in [1.54, 1.807) is 6.08 Å². The van der Waals surface area contributed by atoms with E-state index < -0.39 is 10.0 Å². The number of hydrogen-bond acceptors (Lipinski definition) is 4. The first-order valence-corrected chi connectivity index (χ1v) is 7.30. The van der Waals surface area contributed by atoms with Crippen molar-refractivity contribution < 1.29 is 8.42 Å². The first-order valence-electron chi connectivity index (χ1n) is 5.38. The van der Waals surface area contributed by atoms with Crippen LogP contribution in [0.4, 0.5) is 0 Å². The third-order valence-electron chi connectivity index (χ3n) is 2.61. The topological polar surface area (TPSA) is 61.4 Å². The number of rotatable bonds is 2. The number of hydrogen-bond donors (Lipinski definition) is 2. The standard InChI is InChI=1S/C10H16ClN3O2S/c1-14(2)6-10-12-8-4-3-7(11)5-9(8)17(15,16)13-10/h4-5,7,10,12-13H,3,6H2,1-2H3. The number of sulfonamides is 1. The maximum atomic E-state index is 12.0. The molecule has 2 atom stereocenters. The second kappa shape index (κ2) is 4.61. The zero-order valence-corrected chi connectivity index (χ0v) is 11.3. The van der Waals surface area contributed by atoms with Gasteiger partial charge in [0, 0.05) is 6.54 Å². The number of alkyl halides is 1. The molecular formula is C10H16ClN3O2S. The Morgan fingerprint density at radius 1 is 1.53 bits per heavy atom. The van der Waals surface area contributed by atoms with Gasteiger partial charge in [-0.2, -0.15) is 4.72 Å². The van der Waals surface area contributed by atoms with Gasteiger partial charge in [-0.15, -0.1) is 11.6 Å². The van der Waals surface area contributed by atoms with Gasteiger partial charge in [-0.3, -0.25) is 0 Å². The van der Waals surface area contributed by atoms with Crippen LogP contribution >= 0.6 is 11.6 Å². The lowest BCUT2D eigenvalue weighted by atomic mass is 10.1. The van der Waals surface area contributed by atoms with Crippen LogP contribution in [-0.2, 0) is 10.0 Å². The minimum Gasteiger partial charge on any atom is -0.367 e. The Hall–Kier alpha value is -0.560. The van der Waals surface area contributed by atoms with Crippen molar-refractivity contribution in [3.8, 4) is 0 Å². The molecule has 1 aliphatic carbocycles. The van der Waals surface area contributed by atoms with Gasteiger partial charge < -0.3 is 10.2 Å². The Balaban J connectivity index is 2.26. The summed E-state index contributed by atoms with van der Waals surface area (Å²) < 4.78 is 26.6. The molecule has 2 N–H and O–H groups in total. The summed E-state index contributed by atoms with van der Waals surface area (Å²) in [5, 5.41) is 2.91. The third kappa shape index (κ3) is 2.82. The summed E-state index contributed by atoms with van der Waals surface area (Å²) in [6.45, 7) is 0.591. The smallest absolute Gasteiger partial charge is 0.244 e. The Labute approximate surface area is 107 Å². The highest BCUT2D eigenvalue weighted by Crippen LogP contribution is 2.27. The lowest BCUT2D eigenvalue weighted by molar-refractivity contribution is 0.336. The maximum Gasteiger partial charge on any atom is 0.244 e. The highest BCUT2D eigenvalue weighted by molar-refractivity contribution is 7.93. The summed E-state index contributed by atoms with van der Waals surface area (Å²) in [5.74, 6) is 0. The van der Waals surface area contributed by atoms with Crippen LogP contribution in [0.1, 0.15) is 6.42 Å². The van der Waals surface area contributed by atoms with Crippen LogP contribution in [0.5, 0.6) is 0 Å². The zero-order chi connectivity index (χ0) is 12.6. The van der Waals surface area contributed by atoms with Gasteiger partial charge in [0.25, 0.3) is 0 Å². The Kier molecular flexibility index (Phi) is 3.49. The van der Waals surface area contributed by atoms with E-state index in [0.29, 0.717) is 18.7 Å². The molecule has 0 amide bonds. The summed E-state index contributed by atoms with van der Waals surface area (Å²) in [6, 6.07) is 0. The second-order valence-corrected chi connectivity index (χ2v) is 6.72. The fourth-order valence-corrected chi connectivity index (χ4v) is 3.63. The Bertz CT molecular complexity index is 470. The molecule has 2 rings (SSSR count). The molecule has 2 unspecified atom stereocenters. The molecule has 7 heteroatoms. The molecule has 0 saturated carbocycles. The van der Waals surface area contributed by atoms with Crippen molar-refractivity contribution >= 4 is 21.6 Å².